The molecule has 0 aliphatic carbocycles. The van der Waals surface area contributed by atoms with Crippen LogP contribution in [0.4, 0.5) is 0 Å². The molecule has 0 aliphatic rings. The molecule has 17 heavy (non-hydrogen) atoms. The van der Waals surface area contributed by atoms with Gasteiger partial charge in [-0.15, -0.1) is 11.5 Å². The summed E-state index contributed by atoms with van der Waals surface area (Å²) in [7, 11) is 0. The summed E-state index contributed by atoms with van der Waals surface area (Å²) >= 11 is 0. The van der Waals surface area contributed by atoms with Gasteiger partial charge in [-0.3, -0.25) is 9.89 Å². The largest absolute Gasteiger partial charge is 0.311 e. The SMILES string of the molecule is C#CCN(CC#N)C(=O)c1n[nH]c(CCC)n1. The number of nitriles is 1. The molecule has 6 heteroatoms. The van der Waals surface area contributed by atoms with Crippen LogP contribution in [0, 0.1) is 23.7 Å². The summed E-state index contributed by atoms with van der Waals surface area (Å²) in [5, 5.41) is 15.1. The second kappa shape index (κ2) is 6.29. The Morgan fingerprint density at radius 2 is 2.35 bits per heavy atom. The number of hydrogen-bond acceptors (Lipinski definition) is 4. The molecule has 0 unspecified atom stereocenters. The van der Waals surface area contributed by atoms with E-state index >= 15 is 0 Å². The Kier molecular flexibility index (Phi) is 4.71. The van der Waals surface area contributed by atoms with E-state index in [0.29, 0.717) is 5.82 Å². The van der Waals surface area contributed by atoms with Gasteiger partial charge in [0, 0.05) is 6.42 Å². The molecule has 6 nitrogen and oxygen atoms in total. The van der Waals surface area contributed by atoms with Crippen molar-refractivity contribution in [2.24, 2.45) is 0 Å². The Hall–Kier alpha value is -2.34. The van der Waals surface area contributed by atoms with E-state index in [1.807, 2.05) is 13.0 Å². The first kappa shape index (κ1) is 12.7. The van der Waals surface area contributed by atoms with Gasteiger partial charge in [-0.1, -0.05) is 12.8 Å². The first-order chi connectivity index (χ1) is 8.22. The fourth-order valence-corrected chi connectivity index (χ4v) is 1.28. The Labute approximate surface area is 99.6 Å². The minimum Gasteiger partial charge on any atom is -0.311 e. The minimum atomic E-state index is -0.428. The van der Waals surface area contributed by atoms with E-state index in [4.69, 9.17) is 11.7 Å². The summed E-state index contributed by atoms with van der Waals surface area (Å²) in [4.78, 5) is 17.1. The van der Waals surface area contributed by atoms with Crippen LogP contribution in [0.1, 0.15) is 29.8 Å². The van der Waals surface area contributed by atoms with Crippen molar-refractivity contribution in [1.82, 2.24) is 20.1 Å². The van der Waals surface area contributed by atoms with Crippen molar-refractivity contribution in [2.45, 2.75) is 19.8 Å². The fraction of sp³-hybridized carbons (Fsp3) is 0.455. The molecule has 0 saturated carbocycles. The normalized spacial score (nSPS) is 9.35. The number of aryl methyl sites for hydroxylation is 1. The molecule has 1 rings (SSSR count). The lowest BCUT2D eigenvalue weighted by Crippen LogP contribution is -2.32. The smallest absolute Gasteiger partial charge is 0.295 e. The van der Waals surface area contributed by atoms with Crippen molar-refractivity contribution in [1.29, 1.82) is 5.26 Å². The van der Waals surface area contributed by atoms with Crippen LogP contribution in [-0.2, 0) is 6.42 Å². The maximum atomic E-state index is 11.9. The van der Waals surface area contributed by atoms with Gasteiger partial charge in [0.25, 0.3) is 5.91 Å². The van der Waals surface area contributed by atoms with Crippen LogP contribution in [0.25, 0.3) is 0 Å². The highest BCUT2D eigenvalue weighted by Gasteiger charge is 2.19. The topological polar surface area (TPSA) is 85.7 Å². The van der Waals surface area contributed by atoms with Crippen LogP contribution in [0.3, 0.4) is 0 Å². The van der Waals surface area contributed by atoms with E-state index in [2.05, 4.69) is 21.1 Å². The van der Waals surface area contributed by atoms with Crippen molar-refractivity contribution in [3.05, 3.63) is 11.6 Å². The van der Waals surface area contributed by atoms with E-state index in [9.17, 15) is 4.79 Å². The average Bonchev–Trinajstić information content (AvgIpc) is 2.77. The molecule has 0 aromatic carbocycles. The maximum Gasteiger partial charge on any atom is 0.295 e. The van der Waals surface area contributed by atoms with E-state index in [1.165, 1.54) is 4.90 Å². The molecule has 0 spiro atoms. The van der Waals surface area contributed by atoms with Gasteiger partial charge in [-0.2, -0.15) is 5.26 Å². The lowest BCUT2D eigenvalue weighted by molar-refractivity contribution is 0.0783. The quantitative estimate of drug-likeness (QED) is 0.585. The van der Waals surface area contributed by atoms with E-state index in [-0.39, 0.29) is 18.9 Å². The van der Waals surface area contributed by atoms with Crippen molar-refractivity contribution in [3.63, 3.8) is 0 Å². The predicted molar refractivity (Wildman–Crippen MR) is 60.7 cm³/mol. The number of carbonyl (C=O) groups is 1. The molecule has 0 fully saturated rings. The summed E-state index contributed by atoms with van der Waals surface area (Å²) in [6.45, 7) is 2.01. The first-order valence-corrected chi connectivity index (χ1v) is 5.23. The van der Waals surface area contributed by atoms with Gasteiger partial charge in [-0.05, 0) is 6.42 Å². The van der Waals surface area contributed by atoms with Crippen molar-refractivity contribution >= 4 is 5.91 Å². The zero-order valence-electron chi connectivity index (χ0n) is 9.60. The van der Waals surface area contributed by atoms with Gasteiger partial charge in [0.2, 0.25) is 5.82 Å². The summed E-state index contributed by atoms with van der Waals surface area (Å²) in [6.07, 6.45) is 6.77. The second-order valence-corrected chi connectivity index (χ2v) is 3.38. The number of aromatic amines is 1. The van der Waals surface area contributed by atoms with Gasteiger partial charge < -0.3 is 4.90 Å². The number of rotatable bonds is 5. The molecule has 0 aliphatic heterocycles. The number of aromatic nitrogens is 3. The number of H-pyrrole nitrogens is 1. The lowest BCUT2D eigenvalue weighted by Gasteiger charge is -2.13. The second-order valence-electron chi connectivity index (χ2n) is 3.38. The molecule has 0 saturated heterocycles. The van der Waals surface area contributed by atoms with E-state index in [0.717, 1.165) is 12.8 Å². The molecular weight excluding hydrogens is 218 g/mol. The molecule has 88 valence electrons. The van der Waals surface area contributed by atoms with Crippen LogP contribution in [0.15, 0.2) is 0 Å². The standard InChI is InChI=1S/C11H13N5O/c1-3-5-9-13-10(15-14-9)11(17)16(7-4-2)8-6-12/h2H,3,5,7-8H2,1H3,(H,13,14,15). The fourth-order valence-electron chi connectivity index (χ4n) is 1.28. The highest BCUT2D eigenvalue weighted by Crippen LogP contribution is 2.01. The highest BCUT2D eigenvalue weighted by molar-refractivity contribution is 5.90. The monoisotopic (exact) mass is 231 g/mol. The van der Waals surface area contributed by atoms with Gasteiger partial charge in [0.15, 0.2) is 0 Å². The third-order valence-electron chi connectivity index (χ3n) is 2.04. The zero-order valence-corrected chi connectivity index (χ0v) is 9.60. The zero-order chi connectivity index (χ0) is 12.7. The Morgan fingerprint density at radius 1 is 1.59 bits per heavy atom. The van der Waals surface area contributed by atoms with Crippen LogP contribution < -0.4 is 0 Å². The molecule has 1 aromatic rings. The molecule has 1 heterocycles. The minimum absolute atomic E-state index is 0.0546. The van der Waals surface area contributed by atoms with Gasteiger partial charge >= 0.3 is 0 Å². The molecule has 0 radical (unpaired) electrons. The molecule has 1 N–H and O–H groups in total. The van der Waals surface area contributed by atoms with Crippen LogP contribution in [0.5, 0.6) is 0 Å². The Balaban J connectivity index is 2.79. The summed E-state index contributed by atoms with van der Waals surface area (Å²) < 4.78 is 0. The average molecular weight is 231 g/mol. The summed E-state index contributed by atoms with van der Waals surface area (Å²) in [5.74, 6) is 2.61. The number of hydrogen-bond donors (Lipinski definition) is 1. The molecule has 0 atom stereocenters. The van der Waals surface area contributed by atoms with Crippen molar-refractivity contribution < 1.29 is 4.79 Å². The third kappa shape index (κ3) is 3.32. The first-order valence-electron chi connectivity index (χ1n) is 5.23. The van der Waals surface area contributed by atoms with Gasteiger partial charge in [0.05, 0.1) is 12.6 Å². The lowest BCUT2D eigenvalue weighted by atomic mass is 10.3. The number of carbonyl (C=O) groups excluding carboxylic acids is 1. The third-order valence-corrected chi connectivity index (χ3v) is 2.04. The highest BCUT2D eigenvalue weighted by atomic mass is 16.2. The Bertz CT molecular complexity index is 449. The van der Waals surface area contributed by atoms with Gasteiger partial charge in [-0.25, -0.2) is 4.98 Å². The van der Waals surface area contributed by atoms with Gasteiger partial charge in [0.1, 0.15) is 12.4 Å². The Morgan fingerprint density at radius 3 is 2.94 bits per heavy atom. The number of amides is 1. The summed E-state index contributed by atoms with van der Waals surface area (Å²) in [5.41, 5.74) is 0. The molecular formula is C11H13N5O. The van der Waals surface area contributed by atoms with E-state index in [1.54, 1.807) is 0 Å². The van der Waals surface area contributed by atoms with Crippen LogP contribution in [-0.4, -0.2) is 39.1 Å². The number of nitrogens with zero attached hydrogens (tertiary/aromatic N) is 4. The number of nitrogens with one attached hydrogen (secondary N) is 1. The predicted octanol–water partition coefficient (Wildman–Crippen LogP) is 0.356. The van der Waals surface area contributed by atoms with Crippen molar-refractivity contribution in [2.75, 3.05) is 13.1 Å². The maximum absolute atomic E-state index is 11.9. The molecule has 0 bridgehead atoms. The van der Waals surface area contributed by atoms with E-state index < -0.39 is 5.91 Å². The molecule has 1 aromatic heterocycles. The summed E-state index contributed by atoms with van der Waals surface area (Å²) in [6, 6.07) is 1.88. The molecule has 1 amide bonds. The van der Waals surface area contributed by atoms with Crippen molar-refractivity contribution in [3.8, 4) is 18.4 Å². The number of terminal acetylenes is 1. The van der Waals surface area contributed by atoms with Crippen LogP contribution >= 0.6 is 0 Å². The van der Waals surface area contributed by atoms with Crippen LogP contribution in [0.2, 0.25) is 0 Å².